The quantitative estimate of drug-likeness (QED) is 0.902. The van der Waals surface area contributed by atoms with Crippen LogP contribution in [-0.2, 0) is 13.1 Å². The summed E-state index contributed by atoms with van der Waals surface area (Å²) in [6.07, 6.45) is 2.86. The zero-order chi connectivity index (χ0) is 14.5. The van der Waals surface area contributed by atoms with Gasteiger partial charge in [0.25, 0.3) is 5.56 Å². The van der Waals surface area contributed by atoms with Crippen molar-refractivity contribution < 1.29 is 0 Å². The molecule has 1 aromatic carbocycles. The average Bonchev–Trinajstić information content (AvgIpc) is 2.39. The summed E-state index contributed by atoms with van der Waals surface area (Å²) < 4.78 is 1.75. The van der Waals surface area contributed by atoms with Gasteiger partial charge in [0.15, 0.2) is 0 Å². The SMILES string of the molecule is CCCn1cc(NCc2cc(C)cc(C)c2)ccc1=O. The van der Waals surface area contributed by atoms with Gasteiger partial charge in [-0.2, -0.15) is 0 Å². The van der Waals surface area contributed by atoms with Crippen LogP contribution in [0, 0.1) is 13.8 Å². The zero-order valence-corrected chi connectivity index (χ0v) is 12.4. The molecule has 2 rings (SSSR count). The third kappa shape index (κ3) is 3.73. The zero-order valence-electron chi connectivity index (χ0n) is 12.4. The maximum Gasteiger partial charge on any atom is 0.250 e. The van der Waals surface area contributed by atoms with Crippen LogP contribution in [0.15, 0.2) is 41.3 Å². The van der Waals surface area contributed by atoms with Crippen molar-refractivity contribution in [2.75, 3.05) is 5.32 Å². The Bertz CT molecular complexity index is 623. The molecule has 2 aromatic rings. The number of anilines is 1. The molecule has 0 radical (unpaired) electrons. The molecule has 0 fully saturated rings. The van der Waals surface area contributed by atoms with Crippen LogP contribution in [0.3, 0.4) is 0 Å². The second-order valence-corrected chi connectivity index (χ2v) is 5.30. The maximum absolute atomic E-state index is 11.7. The molecule has 106 valence electrons. The highest BCUT2D eigenvalue weighted by molar-refractivity contribution is 5.41. The van der Waals surface area contributed by atoms with Gasteiger partial charge in [-0.3, -0.25) is 4.79 Å². The van der Waals surface area contributed by atoms with Gasteiger partial charge in [-0.15, -0.1) is 0 Å². The second-order valence-electron chi connectivity index (χ2n) is 5.30. The number of nitrogens with one attached hydrogen (secondary N) is 1. The monoisotopic (exact) mass is 270 g/mol. The first-order valence-corrected chi connectivity index (χ1v) is 7.10. The first-order chi connectivity index (χ1) is 9.58. The number of aryl methyl sites for hydroxylation is 3. The lowest BCUT2D eigenvalue weighted by Crippen LogP contribution is -2.18. The van der Waals surface area contributed by atoms with Crippen LogP contribution in [0.2, 0.25) is 0 Å². The van der Waals surface area contributed by atoms with Crippen molar-refractivity contribution in [3.8, 4) is 0 Å². The molecule has 0 saturated carbocycles. The summed E-state index contributed by atoms with van der Waals surface area (Å²) in [6.45, 7) is 7.82. The summed E-state index contributed by atoms with van der Waals surface area (Å²) >= 11 is 0. The Morgan fingerprint density at radius 2 is 1.80 bits per heavy atom. The minimum absolute atomic E-state index is 0.0591. The Hall–Kier alpha value is -2.03. The number of nitrogens with zero attached hydrogens (tertiary/aromatic N) is 1. The molecule has 0 aliphatic carbocycles. The highest BCUT2D eigenvalue weighted by atomic mass is 16.1. The van der Waals surface area contributed by atoms with Gasteiger partial charge in [0, 0.05) is 25.4 Å². The summed E-state index contributed by atoms with van der Waals surface area (Å²) in [4.78, 5) is 11.7. The molecule has 0 aliphatic heterocycles. The Labute approximate surface area is 120 Å². The van der Waals surface area contributed by atoms with Crippen molar-refractivity contribution in [1.82, 2.24) is 4.57 Å². The van der Waals surface area contributed by atoms with Crippen LogP contribution in [0.4, 0.5) is 5.69 Å². The van der Waals surface area contributed by atoms with E-state index < -0.39 is 0 Å². The molecular weight excluding hydrogens is 248 g/mol. The maximum atomic E-state index is 11.7. The molecule has 0 amide bonds. The number of benzene rings is 1. The van der Waals surface area contributed by atoms with Crippen LogP contribution in [-0.4, -0.2) is 4.57 Å². The van der Waals surface area contributed by atoms with Gasteiger partial charge in [0.05, 0.1) is 5.69 Å². The van der Waals surface area contributed by atoms with E-state index in [1.54, 1.807) is 10.6 Å². The molecule has 0 atom stereocenters. The molecule has 0 bridgehead atoms. The van der Waals surface area contributed by atoms with Gasteiger partial charge < -0.3 is 9.88 Å². The molecule has 1 N–H and O–H groups in total. The Kier molecular flexibility index (Phi) is 4.61. The van der Waals surface area contributed by atoms with E-state index in [0.717, 1.165) is 25.2 Å². The standard InChI is InChI=1S/C17H22N2O/c1-4-7-19-12-16(5-6-17(19)20)18-11-15-9-13(2)8-14(3)10-15/h5-6,8-10,12,18H,4,7,11H2,1-3H3. The van der Waals surface area contributed by atoms with Crippen LogP contribution in [0.1, 0.15) is 30.0 Å². The molecule has 3 nitrogen and oxygen atoms in total. The van der Waals surface area contributed by atoms with E-state index in [2.05, 4.69) is 44.3 Å². The van der Waals surface area contributed by atoms with Gasteiger partial charge in [-0.05, 0) is 31.9 Å². The van der Waals surface area contributed by atoms with E-state index in [1.807, 2.05) is 12.3 Å². The number of pyridine rings is 1. The molecule has 0 aliphatic rings. The van der Waals surface area contributed by atoms with Crippen molar-refractivity contribution in [2.45, 2.75) is 40.3 Å². The van der Waals surface area contributed by atoms with Crippen LogP contribution in [0.25, 0.3) is 0 Å². The van der Waals surface area contributed by atoms with E-state index >= 15 is 0 Å². The molecule has 0 unspecified atom stereocenters. The predicted molar refractivity (Wildman–Crippen MR) is 84.2 cm³/mol. The number of hydrogen-bond donors (Lipinski definition) is 1. The first-order valence-electron chi connectivity index (χ1n) is 7.10. The van der Waals surface area contributed by atoms with Gasteiger partial charge in [-0.1, -0.05) is 36.2 Å². The van der Waals surface area contributed by atoms with Crippen molar-refractivity contribution >= 4 is 5.69 Å². The topological polar surface area (TPSA) is 34.0 Å². The van der Waals surface area contributed by atoms with Crippen molar-refractivity contribution in [3.63, 3.8) is 0 Å². The van der Waals surface area contributed by atoms with Crippen molar-refractivity contribution in [3.05, 3.63) is 63.6 Å². The molecule has 20 heavy (non-hydrogen) atoms. The highest BCUT2D eigenvalue weighted by Gasteiger charge is 1.99. The fourth-order valence-electron chi connectivity index (χ4n) is 2.43. The van der Waals surface area contributed by atoms with E-state index in [1.165, 1.54) is 16.7 Å². The summed E-state index contributed by atoms with van der Waals surface area (Å²) in [5.41, 5.74) is 4.85. The number of hydrogen-bond acceptors (Lipinski definition) is 2. The minimum Gasteiger partial charge on any atom is -0.380 e. The number of aromatic nitrogens is 1. The molecule has 1 aromatic heterocycles. The summed E-state index contributed by atoms with van der Waals surface area (Å²) in [7, 11) is 0. The summed E-state index contributed by atoms with van der Waals surface area (Å²) in [5.74, 6) is 0. The summed E-state index contributed by atoms with van der Waals surface area (Å²) in [6, 6.07) is 10.0. The Morgan fingerprint density at radius 1 is 1.10 bits per heavy atom. The minimum atomic E-state index is 0.0591. The molecule has 3 heteroatoms. The van der Waals surface area contributed by atoms with E-state index in [-0.39, 0.29) is 5.56 Å². The average molecular weight is 270 g/mol. The fraction of sp³-hybridized carbons (Fsp3) is 0.353. The Morgan fingerprint density at radius 3 is 2.45 bits per heavy atom. The van der Waals surface area contributed by atoms with Gasteiger partial charge in [0.1, 0.15) is 0 Å². The van der Waals surface area contributed by atoms with Gasteiger partial charge >= 0.3 is 0 Å². The van der Waals surface area contributed by atoms with E-state index in [4.69, 9.17) is 0 Å². The van der Waals surface area contributed by atoms with E-state index in [9.17, 15) is 4.79 Å². The lowest BCUT2D eigenvalue weighted by Gasteiger charge is -2.10. The Balaban J connectivity index is 2.10. The lowest BCUT2D eigenvalue weighted by molar-refractivity contribution is 0.655. The first kappa shape index (κ1) is 14.4. The second kappa shape index (κ2) is 6.42. The summed E-state index contributed by atoms with van der Waals surface area (Å²) in [5, 5.41) is 3.38. The number of rotatable bonds is 5. The molecular formula is C17H22N2O. The van der Waals surface area contributed by atoms with Crippen LogP contribution < -0.4 is 10.9 Å². The fourth-order valence-corrected chi connectivity index (χ4v) is 2.43. The van der Waals surface area contributed by atoms with Crippen LogP contribution in [0.5, 0.6) is 0 Å². The predicted octanol–water partition coefficient (Wildman–Crippen LogP) is 3.49. The molecule has 0 saturated heterocycles. The van der Waals surface area contributed by atoms with Crippen molar-refractivity contribution in [1.29, 1.82) is 0 Å². The third-order valence-electron chi connectivity index (χ3n) is 3.23. The molecule has 0 spiro atoms. The third-order valence-corrected chi connectivity index (χ3v) is 3.23. The van der Waals surface area contributed by atoms with Crippen LogP contribution >= 0.6 is 0 Å². The lowest BCUT2D eigenvalue weighted by atomic mass is 10.1. The normalized spacial score (nSPS) is 10.6. The van der Waals surface area contributed by atoms with Crippen molar-refractivity contribution in [2.24, 2.45) is 0 Å². The smallest absolute Gasteiger partial charge is 0.250 e. The largest absolute Gasteiger partial charge is 0.380 e. The van der Waals surface area contributed by atoms with Gasteiger partial charge in [-0.25, -0.2) is 0 Å². The van der Waals surface area contributed by atoms with E-state index in [0.29, 0.717) is 0 Å². The van der Waals surface area contributed by atoms with Gasteiger partial charge in [0.2, 0.25) is 0 Å². The highest BCUT2D eigenvalue weighted by Crippen LogP contribution is 2.11. The molecule has 1 heterocycles.